The molecule has 0 saturated heterocycles. The number of carbonyl (C=O) groups is 1. The van der Waals surface area contributed by atoms with E-state index in [-0.39, 0.29) is 25.9 Å². The number of benzene rings is 1. The Balaban J connectivity index is 2.37. The molecule has 0 atom stereocenters. The molecule has 0 aliphatic carbocycles. The van der Waals surface area contributed by atoms with Gasteiger partial charge in [-0.3, -0.25) is 4.79 Å². The zero-order valence-electron chi connectivity index (χ0n) is 10.5. The standard InChI is InChI=1S/C13H7Cl5N2O/c1-5-2-3-7(6(14)4-5)19-13(21)11-9(16)8(15)10(17)12(18)20-11/h2-4H,1H3,(H,19,21). The summed E-state index contributed by atoms with van der Waals surface area (Å²) in [4.78, 5) is 16.0. The summed E-state index contributed by atoms with van der Waals surface area (Å²) in [5.41, 5.74) is 1.26. The van der Waals surface area contributed by atoms with Crippen molar-refractivity contribution in [2.24, 2.45) is 0 Å². The highest BCUT2D eigenvalue weighted by Gasteiger charge is 2.20. The predicted molar refractivity (Wildman–Crippen MR) is 88.4 cm³/mol. The molecule has 0 fully saturated rings. The van der Waals surface area contributed by atoms with Gasteiger partial charge in [0.05, 0.1) is 25.8 Å². The summed E-state index contributed by atoms with van der Waals surface area (Å²) in [6, 6.07) is 5.19. The number of halogens is 5. The van der Waals surface area contributed by atoms with Crippen LogP contribution in [0, 0.1) is 6.92 Å². The lowest BCUT2D eigenvalue weighted by Crippen LogP contribution is -2.15. The van der Waals surface area contributed by atoms with E-state index in [4.69, 9.17) is 58.0 Å². The second kappa shape index (κ2) is 6.59. The second-order valence-corrected chi connectivity index (χ2v) is 6.03. The number of hydrogen-bond acceptors (Lipinski definition) is 2. The normalized spacial score (nSPS) is 10.6. The maximum atomic E-state index is 12.2. The second-order valence-electron chi connectivity index (χ2n) is 4.13. The molecule has 2 aromatic rings. The van der Waals surface area contributed by atoms with Crippen molar-refractivity contribution in [1.82, 2.24) is 4.98 Å². The molecule has 3 nitrogen and oxygen atoms in total. The average molecular weight is 384 g/mol. The molecule has 1 amide bonds. The summed E-state index contributed by atoms with van der Waals surface area (Å²) < 4.78 is 0. The Morgan fingerprint density at radius 3 is 2.33 bits per heavy atom. The van der Waals surface area contributed by atoms with Crippen molar-refractivity contribution in [3.63, 3.8) is 0 Å². The molecular weight excluding hydrogens is 377 g/mol. The number of aryl methyl sites for hydroxylation is 1. The first-order valence-electron chi connectivity index (χ1n) is 5.58. The number of anilines is 1. The average Bonchev–Trinajstić information content (AvgIpc) is 2.43. The highest BCUT2D eigenvalue weighted by molar-refractivity contribution is 6.52. The van der Waals surface area contributed by atoms with Crippen molar-refractivity contribution in [2.75, 3.05) is 5.32 Å². The number of rotatable bonds is 2. The molecule has 0 unspecified atom stereocenters. The van der Waals surface area contributed by atoms with E-state index >= 15 is 0 Å². The molecule has 1 heterocycles. The van der Waals surface area contributed by atoms with Gasteiger partial charge in [-0.25, -0.2) is 4.98 Å². The van der Waals surface area contributed by atoms with Crippen LogP contribution in [0.1, 0.15) is 16.1 Å². The van der Waals surface area contributed by atoms with E-state index in [0.29, 0.717) is 10.7 Å². The lowest BCUT2D eigenvalue weighted by molar-refractivity contribution is 0.102. The molecule has 1 aromatic carbocycles. The summed E-state index contributed by atoms with van der Waals surface area (Å²) in [5.74, 6) is -0.591. The molecule has 8 heteroatoms. The summed E-state index contributed by atoms with van der Waals surface area (Å²) >= 11 is 29.5. The molecule has 0 aliphatic heterocycles. The van der Waals surface area contributed by atoms with Gasteiger partial charge >= 0.3 is 0 Å². The third kappa shape index (κ3) is 3.55. The SMILES string of the molecule is Cc1ccc(NC(=O)c2nc(Cl)c(Cl)c(Cl)c2Cl)c(Cl)c1. The van der Waals surface area contributed by atoms with E-state index in [1.165, 1.54) is 0 Å². The summed E-state index contributed by atoms with van der Waals surface area (Å²) in [6.07, 6.45) is 0. The summed E-state index contributed by atoms with van der Waals surface area (Å²) in [6.45, 7) is 1.88. The molecular formula is C13H7Cl5N2O. The van der Waals surface area contributed by atoms with Crippen LogP contribution < -0.4 is 5.32 Å². The Bertz CT molecular complexity index is 733. The molecule has 0 radical (unpaired) electrons. The number of hydrogen-bond donors (Lipinski definition) is 1. The van der Waals surface area contributed by atoms with Gasteiger partial charge in [-0.05, 0) is 24.6 Å². The van der Waals surface area contributed by atoms with Gasteiger partial charge in [0.2, 0.25) is 0 Å². The fourth-order valence-electron chi connectivity index (χ4n) is 1.54. The summed E-state index contributed by atoms with van der Waals surface area (Å²) in [7, 11) is 0. The Morgan fingerprint density at radius 2 is 1.71 bits per heavy atom. The van der Waals surface area contributed by atoms with Crippen molar-refractivity contribution in [1.29, 1.82) is 0 Å². The van der Waals surface area contributed by atoms with Crippen LogP contribution in [0.3, 0.4) is 0 Å². The minimum absolute atomic E-state index is 0.00625. The van der Waals surface area contributed by atoms with Crippen LogP contribution in [0.2, 0.25) is 25.2 Å². The van der Waals surface area contributed by atoms with E-state index in [9.17, 15) is 4.79 Å². The molecule has 0 bridgehead atoms. The van der Waals surface area contributed by atoms with E-state index in [1.54, 1.807) is 18.2 Å². The quantitative estimate of drug-likeness (QED) is 0.654. The number of nitrogens with one attached hydrogen (secondary N) is 1. The van der Waals surface area contributed by atoms with Crippen LogP contribution in [-0.4, -0.2) is 10.9 Å². The van der Waals surface area contributed by atoms with Crippen LogP contribution in [-0.2, 0) is 0 Å². The molecule has 1 aromatic heterocycles. The number of aromatic nitrogens is 1. The van der Waals surface area contributed by atoms with Crippen LogP contribution in [0.4, 0.5) is 5.69 Å². The lowest BCUT2D eigenvalue weighted by Gasteiger charge is -2.10. The number of amides is 1. The molecule has 0 saturated carbocycles. The monoisotopic (exact) mass is 382 g/mol. The van der Waals surface area contributed by atoms with Gasteiger partial charge in [-0.2, -0.15) is 0 Å². The molecule has 21 heavy (non-hydrogen) atoms. The van der Waals surface area contributed by atoms with Crippen molar-refractivity contribution in [3.05, 3.63) is 54.7 Å². The van der Waals surface area contributed by atoms with Crippen molar-refractivity contribution >= 4 is 69.6 Å². The molecule has 1 N–H and O–H groups in total. The number of carbonyl (C=O) groups excluding carboxylic acids is 1. The first kappa shape index (κ1) is 16.7. The van der Waals surface area contributed by atoms with E-state index in [0.717, 1.165) is 5.56 Å². The first-order chi connectivity index (χ1) is 9.81. The van der Waals surface area contributed by atoms with Gasteiger partial charge in [0, 0.05) is 0 Å². The van der Waals surface area contributed by atoms with Gasteiger partial charge < -0.3 is 5.32 Å². The molecule has 110 valence electrons. The van der Waals surface area contributed by atoms with Crippen molar-refractivity contribution < 1.29 is 4.79 Å². The lowest BCUT2D eigenvalue weighted by atomic mass is 10.2. The molecule has 0 aliphatic rings. The predicted octanol–water partition coefficient (Wildman–Crippen LogP) is 5.91. The largest absolute Gasteiger partial charge is 0.319 e. The zero-order chi connectivity index (χ0) is 15.7. The van der Waals surface area contributed by atoms with Gasteiger partial charge in [0.25, 0.3) is 5.91 Å². The Labute approximate surface area is 146 Å². The summed E-state index contributed by atoms with van der Waals surface area (Å²) in [5, 5.41) is 2.77. The van der Waals surface area contributed by atoms with E-state index in [2.05, 4.69) is 10.3 Å². The van der Waals surface area contributed by atoms with Crippen LogP contribution in [0.25, 0.3) is 0 Å². The highest BCUT2D eigenvalue weighted by Crippen LogP contribution is 2.36. The van der Waals surface area contributed by atoms with Gasteiger partial charge in [0.15, 0.2) is 0 Å². The minimum atomic E-state index is -0.591. The Hall–Kier alpha value is -0.710. The van der Waals surface area contributed by atoms with Crippen LogP contribution in [0.5, 0.6) is 0 Å². The zero-order valence-corrected chi connectivity index (χ0v) is 14.3. The number of nitrogens with zero attached hydrogens (tertiary/aromatic N) is 1. The van der Waals surface area contributed by atoms with E-state index < -0.39 is 5.91 Å². The highest BCUT2D eigenvalue weighted by atomic mass is 35.5. The van der Waals surface area contributed by atoms with Gasteiger partial charge in [-0.1, -0.05) is 64.1 Å². The van der Waals surface area contributed by atoms with Crippen LogP contribution >= 0.6 is 58.0 Å². The third-order valence-corrected chi connectivity index (χ3v) is 4.56. The fraction of sp³-hybridized carbons (Fsp3) is 0.0769. The van der Waals surface area contributed by atoms with Gasteiger partial charge in [0.1, 0.15) is 10.8 Å². The molecule has 0 spiro atoms. The van der Waals surface area contributed by atoms with Crippen molar-refractivity contribution in [2.45, 2.75) is 6.92 Å². The van der Waals surface area contributed by atoms with Gasteiger partial charge in [-0.15, -0.1) is 0 Å². The maximum Gasteiger partial charge on any atom is 0.275 e. The molecule has 2 rings (SSSR count). The topological polar surface area (TPSA) is 42.0 Å². The minimum Gasteiger partial charge on any atom is -0.319 e. The Kier molecular flexibility index (Phi) is 5.23. The van der Waals surface area contributed by atoms with E-state index in [1.807, 2.05) is 6.92 Å². The Morgan fingerprint density at radius 1 is 1.05 bits per heavy atom. The third-order valence-electron chi connectivity index (χ3n) is 2.57. The number of pyridine rings is 1. The van der Waals surface area contributed by atoms with Crippen molar-refractivity contribution in [3.8, 4) is 0 Å². The smallest absolute Gasteiger partial charge is 0.275 e. The first-order valence-corrected chi connectivity index (χ1v) is 7.47. The fourth-order valence-corrected chi connectivity index (χ4v) is 2.64. The van der Waals surface area contributed by atoms with Crippen LogP contribution in [0.15, 0.2) is 18.2 Å². The maximum absolute atomic E-state index is 12.2.